The lowest BCUT2D eigenvalue weighted by atomic mass is 10.0. The number of ether oxygens (including phenoxy) is 1. The summed E-state index contributed by atoms with van der Waals surface area (Å²) in [5, 5.41) is 0. The van der Waals surface area contributed by atoms with E-state index in [0.29, 0.717) is 17.4 Å². The minimum absolute atomic E-state index is 0.269. The summed E-state index contributed by atoms with van der Waals surface area (Å²) in [6.07, 6.45) is -2.70. The summed E-state index contributed by atoms with van der Waals surface area (Å²) in [4.78, 5) is 15.0. The third kappa shape index (κ3) is 3.34. The molecule has 1 heterocycles. The fourth-order valence-electron chi connectivity index (χ4n) is 1.71. The maximum absolute atomic E-state index is 12.2. The Morgan fingerprint density at radius 2 is 1.95 bits per heavy atom. The van der Waals surface area contributed by atoms with E-state index in [1.165, 1.54) is 18.3 Å². The van der Waals surface area contributed by atoms with Gasteiger partial charge in [0.2, 0.25) is 0 Å². The number of hydrogen-bond donors (Lipinski definition) is 0. The van der Waals surface area contributed by atoms with Gasteiger partial charge in [-0.2, -0.15) is 0 Å². The molecule has 0 saturated carbocycles. The lowest BCUT2D eigenvalue weighted by Gasteiger charge is -2.11. The first-order valence-electron chi connectivity index (χ1n) is 5.67. The number of hydrogen-bond acceptors (Lipinski definition) is 3. The molecule has 1 aromatic carbocycles. The molecule has 0 aliphatic heterocycles. The molecule has 0 aliphatic rings. The van der Waals surface area contributed by atoms with Gasteiger partial charge in [-0.25, -0.2) is 0 Å². The van der Waals surface area contributed by atoms with Gasteiger partial charge in [0.15, 0.2) is 6.29 Å². The molecule has 0 amide bonds. The molecule has 0 spiro atoms. The second-order valence-electron chi connectivity index (χ2n) is 4.10. The number of halogens is 3. The van der Waals surface area contributed by atoms with Crippen molar-refractivity contribution >= 4 is 6.29 Å². The van der Waals surface area contributed by atoms with Crippen LogP contribution in [0.1, 0.15) is 16.1 Å². The van der Waals surface area contributed by atoms with E-state index < -0.39 is 6.36 Å². The normalized spacial score (nSPS) is 11.2. The highest BCUT2D eigenvalue weighted by molar-refractivity contribution is 5.88. The molecule has 0 unspecified atom stereocenters. The summed E-state index contributed by atoms with van der Waals surface area (Å²) in [6, 6.07) is 6.94. The summed E-state index contributed by atoms with van der Waals surface area (Å²) in [7, 11) is 0. The van der Waals surface area contributed by atoms with Gasteiger partial charge in [-0.1, -0.05) is 6.07 Å². The molecular formula is C14H10F3NO2. The van der Waals surface area contributed by atoms with E-state index in [2.05, 4.69) is 9.72 Å². The van der Waals surface area contributed by atoms with E-state index >= 15 is 0 Å². The number of nitrogens with zero attached hydrogens (tertiary/aromatic N) is 1. The number of benzene rings is 1. The van der Waals surface area contributed by atoms with Gasteiger partial charge in [0.1, 0.15) is 5.75 Å². The van der Waals surface area contributed by atoms with Crippen molar-refractivity contribution in [2.24, 2.45) is 0 Å². The Morgan fingerprint density at radius 1 is 1.20 bits per heavy atom. The van der Waals surface area contributed by atoms with Crippen LogP contribution >= 0.6 is 0 Å². The van der Waals surface area contributed by atoms with Crippen LogP contribution in [-0.2, 0) is 0 Å². The number of aromatic nitrogens is 1. The summed E-state index contributed by atoms with van der Waals surface area (Å²) < 4.78 is 40.5. The van der Waals surface area contributed by atoms with Crippen LogP contribution < -0.4 is 4.74 Å². The van der Waals surface area contributed by atoms with E-state index in [-0.39, 0.29) is 11.3 Å². The molecular weight excluding hydrogens is 271 g/mol. The highest BCUT2D eigenvalue weighted by atomic mass is 19.4. The monoisotopic (exact) mass is 281 g/mol. The zero-order chi connectivity index (χ0) is 14.8. The van der Waals surface area contributed by atoms with Gasteiger partial charge in [-0.15, -0.1) is 13.2 Å². The van der Waals surface area contributed by atoms with Crippen molar-refractivity contribution in [3.63, 3.8) is 0 Å². The highest BCUT2D eigenvalue weighted by Gasteiger charge is 2.31. The molecule has 0 N–H and O–H groups in total. The number of aldehydes is 1. The summed E-state index contributed by atoms with van der Waals surface area (Å²) in [5.41, 5.74) is 1.92. The number of carbonyl (C=O) groups excluding carboxylic acids is 1. The lowest BCUT2D eigenvalue weighted by Crippen LogP contribution is -2.17. The minimum Gasteiger partial charge on any atom is -0.406 e. The van der Waals surface area contributed by atoms with E-state index in [1.807, 2.05) is 0 Å². The predicted octanol–water partition coefficient (Wildman–Crippen LogP) is 3.77. The first-order valence-corrected chi connectivity index (χ1v) is 5.67. The van der Waals surface area contributed by atoms with Crippen LogP contribution in [-0.4, -0.2) is 17.6 Å². The molecule has 0 saturated heterocycles. The van der Waals surface area contributed by atoms with Crippen LogP contribution in [0.5, 0.6) is 5.75 Å². The molecule has 0 atom stereocenters. The second kappa shape index (κ2) is 5.32. The Kier molecular flexibility index (Phi) is 3.74. The number of alkyl halides is 3. The Bertz CT molecular complexity index is 621. The van der Waals surface area contributed by atoms with Crippen LogP contribution in [0, 0.1) is 6.92 Å². The average Bonchev–Trinajstić information content (AvgIpc) is 2.38. The number of pyridine rings is 1. The number of aryl methyl sites for hydroxylation is 1. The molecule has 0 radical (unpaired) electrons. The molecule has 0 bridgehead atoms. The Labute approximate surface area is 113 Å². The molecule has 6 heteroatoms. The zero-order valence-corrected chi connectivity index (χ0v) is 10.4. The van der Waals surface area contributed by atoms with Crippen molar-refractivity contribution in [2.45, 2.75) is 13.3 Å². The van der Waals surface area contributed by atoms with Gasteiger partial charge in [-0.05, 0) is 36.8 Å². The fourth-order valence-corrected chi connectivity index (χ4v) is 1.71. The van der Waals surface area contributed by atoms with E-state index in [1.54, 1.807) is 19.1 Å². The fraction of sp³-hybridized carbons (Fsp3) is 0.143. The van der Waals surface area contributed by atoms with Crippen LogP contribution in [0.15, 0.2) is 36.5 Å². The van der Waals surface area contributed by atoms with E-state index in [0.717, 1.165) is 11.8 Å². The largest absolute Gasteiger partial charge is 0.573 e. The molecule has 0 fully saturated rings. The Balaban J connectivity index is 2.46. The van der Waals surface area contributed by atoms with Crippen LogP contribution in [0.4, 0.5) is 13.2 Å². The van der Waals surface area contributed by atoms with Crippen LogP contribution in [0.25, 0.3) is 11.1 Å². The maximum atomic E-state index is 12.2. The first kappa shape index (κ1) is 14.0. The predicted molar refractivity (Wildman–Crippen MR) is 66.5 cm³/mol. The summed E-state index contributed by atoms with van der Waals surface area (Å²) >= 11 is 0. The van der Waals surface area contributed by atoms with Crippen molar-refractivity contribution in [3.05, 3.63) is 47.8 Å². The van der Waals surface area contributed by atoms with Crippen molar-refractivity contribution in [2.75, 3.05) is 0 Å². The SMILES string of the molecule is Cc1ccc(-c2cc(OC(F)(F)F)ccc2C=O)cn1. The van der Waals surface area contributed by atoms with Gasteiger partial charge >= 0.3 is 6.36 Å². The van der Waals surface area contributed by atoms with E-state index in [4.69, 9.17) is 0 Å². The second-order valence-corrected chi connectivity index (χ2v) is 4.10. The molecule has 1 aromatic heterocycles. The van der Waals surface area contributed by atoms with Gasteiger partial charge in [0, 0.05) is 23.0 Å². The van der Waals surface area contributed by atoms with Gasteiger partial charge in [0.25, 0.3) is 0 Å². The molecule has 2 aromatic rings. The summed E-state index contributed by atoms with van der Waals surface area (Å²) in [6.45, 7) is 1.79. The molecule has 0 aliphatic carbocycles. The first-order chi connectivity index (χ1) is 9.39. The number of rotatable bonds is 3. The van der Waals surface area contributed by atoms with Crippen molar-refractivity contribution in [3.8, 4) is 16.9 Å². The molecule has 20 heavy (non-hydrogen) atoms. The maximum Gasteiger partial charge on any atom is 0.573 e. The topological polar surface area (TPSA) is 39.2 Å². The van der Waals surface area contributed by atoms with Gasteiger partial charge < -0.3 is 4.74 Å². The highest BCUT2D eigenvalue weighted by Crippen LogP contribution is 2.30. The molecule has 3 nitrogen and oxygen atoms in total. The zero-order valence-electron chi connectivity index (χ0n) is 10.4. The Morgan fingerprint density at radius 3 is 2.50 bits per heavy atom. The van der Waals surface area contributed by atoms with Crippen LogP contribution in [0.3, 0.4) is 0 Å². The Hall–Kier alpha value is -2.37. The quantitative estimate of drug-likeness (QED) is 0.804. The van der Waals surface area contributed by atoms with Crippen LogP contribution in [0.2, 0.25) is 0 Å². The molecule has 104 valence electrons. The third-order valence-corrected chi connectivity index (χ3v) is 2.61. The van der Waals surface area contributed by atoms with Gasteiger partial charge in [-0.3, -0.25) is 9.78 Å². The summed E-state index contributed by atoms with van der Waals surface area (Å²) in [5.74, 6) is -0.376. The van der Waals surface area contributed by atoms with E-state index in [9.17, 15) is 18.0 Å². The number of carbonyl (C=O) groups is 1. The lowest BCUT2D eigenvalue weighted by molar-refractivity contribution is -0.274. The standard InChI is InChI=1S/C14H10F3NO2/c1-9-2-3-10(7-18-9)13-6-12(20-14(15,16)17)5-4-11(13)8-19/h2-8H,1H3. The molecule has 2 rings (SSSR count). The van der Waals surface area contributed by atoms with Gasteiger partial charge in [0.05, 0.1) is 0 Å². The minimum atomic E-state index is -4.77. The average molecular weight is 281 g/mol. The smallest absolute Gasteiger partial charge is 0.406 e. The van der Waals surface area contributed by atoms with Crippen molar-refractivity contribution in [1.29, 1.82) is 0 Å². The van der Waals surface area contributed by atoms with Crippen molar-refractivity contribution in [1.82, 2.24) is 4.98 Å². The third-order valence-electron chi connectivity index (χ3n) is 2.61. The van der Waals surface area contributed by atoms with Crippen molar-refractivity contribution < 1.29 is 22.7 Å².